The van der Waals surface area contributed by atoms with Gasteiger partial charge in [0.25, 0.3) is 0 Å². The van der Waals surface area contributed by atoms with Crippen LogP contribution in [-0.4, -0.2) is 32.1 Å². The van der Waals surface area contributed by atoms with Gasteiger partial charge >= 0.3 is 11.9 Å². The number of aryl methyl sites for hydroxylation is 1. The quantitative estimate of drug-likeness (QED) is 0.771. The fraction of sp³-hybridized carbons (Fsp3) is 0.250. The molecule has 0 atom stereocenters. The van der Waals surface area contributed by atoms with Crippen LogP contribution in [0, 0.1) is 0 Å². The molecule has 26 heavy (non-hydrogen) atoms. The molecule has 0 spiro atoms. The van der Waals surface area contributed by atoms with Gasteiger partial charge in [-0.1, -0.05) is 30.3 Å². The molecule has 2 aromatic rings. The lowest BCUT2D eigenvalue weighted by Gasteiger charge is -2.09. The third kappa shape index (κ3) is 5.44. The highest BCUT2D eigenvalue weighted by Crippen LogP contribution is 2.17. The zero-order chi connectivity index (χ0) is 18.9. The molecule has 0 aromatic heterocycles. The van der Waals surface area contributed by atoms with Gasteiger partial charge in [0.1, 0.15) is 0 Å². The smallest absolute Gasteiger partial charge is 0.337 e. The molecule has 0 radical (unpaired) electrons. The molecule has 2 rings (SSSR count). The fourth-order valence-electron chi connectivity index (χ4n) is 2.49. The van der Waals surface area contributed by atoms with Gasteiger partial charge in [-0.3, -0.25) is 4.79 Å². The van der Waals surface area contributed by atoms with Gasteiger partial charge in [0.05, 0.1) is 25.3 Å². The summed E-state index contributed by atoms with van der Waals surface area (Å²) in [6, 6.07) is 14.2. The first-order valence-corrected chi connectivity index (χ1v) is 8.19. The Balaban J connectivity index is 2.03. The van der Waals surface area contributed by atoms with Crippen molar-refractivity contribution in [2.45, 2.75) is 19.3 Å². The van der Waals surface area contributed by atoms with E-state index in [0.717, 1.165) is 6.42 Å². The van der Waals surface area contributed by atoms with Crippen LogP contribution < -0.4 is 5.32 Å². The van der Waals surface area contributed by atoms with Crippen LogP contribution >= 0.6 is 0 Å². The van der Waals surface area contributed by atoms with E-state index in [2.05, 4.69) is 14.8 Å². The average Bonchev–Trinajstić information content (AvgIpc) is 2.67. The second kappa shape index (κ2) is 9.36. The number of nitrogens with one attached hydrogen (secondary N) is 1. The number of hydrogen-bond acceptors (Lipinski definition) is 5. The lowest BCUT2D eigenvalue weighted by atomic mass is 10.1. The summed E-state index contributed by atoms with van der Waals surface area (Å²) in [7, 11) is 2.49. The number of methoxy groups -OCH3 is 2. The Kier molecular flexibility index (Phi) is 6.91. The summed E-state index contributed by atoms with van der Waals surface area (Å²) < 4.78 is 9.35. The van der Waals surface area contributed by atoms with Gasteiger partial charge < -0.3 is 14.8 Å². The molecule has 1 N–H and O–H groups in total. The van der Waals surface area contributed by atoms with Crippen molar-refractivity contribution < 1.29 is 23.9 Å². The first-order chi connectivity index (χ1) is 12.5. The largest absolute Gasteiger partial charge is 0.465 e. The summed E-state index contributed by atoms with van der Waals surface area (Å²) in [5.74, 6) is -1.40. The van der Waals surface area contributed by atoms with Crippen LogP contribution in [0.4, 0.5) is 5.69 Å². The van der Waals surface area contributed by atoms with E-state index in [9.17, 15) is 14.4 Å². The first kappa shape index (κ1) is 19.2. The van der Waals surface area contributed by atoms with Gasteiger partial charge in [-0.05, 0) is 36.6 Å². The summed E-state index contributed by atoms with van der Waals surface area (Å²) >= 11 is 0. The van der Waals surface area contributed by atoms with E-state index in [1.165, 1.54) is 38.0 Å². The van der Waals surface area contributed by atoms with Crippen LogP contribution in [0.25, 0.3) is 0 Å². The summed E-state index contributed by atoms with van der Waals surface area (Å²) in [6.45, 7) is 0. The number of rotatable bonds is 7. The van der Waals surface area contributed by atoms with Crippen molar-refractivity contribution in [1.82, 2.24) is 0 Å². The second-order valence-electron chi connectivity index (χ2n) is 5.67. The van der Waals surface area contributed by atoms with Crippen molar-refractivity contribution in [2.75, 3.05) is 19.5 Å². The number of benzene rings is 2. The van der Waals surface area contributed by atoms with Crippen molar-refractivity contribution in [1.29, 1.82) is 0 Å². The molecule has 0 saturated carbocycles. The van der Waals surface area contributed by atoms with Crippen molar-refractivity contribution >= 4 is 23.5 Å². The minimum Gasteiger partial charge on any atom is -0.465 e. The van der Waals surface area contributed by atoms with Crippen LogP contribution in [0.5, 0.6) is 0 Å². The average molecular weight is 355 g/mol. The summed E-state index contributed by atoms with van der Waals surface area (Å²) in [4.78, 5) is 35.7. The van der Waals surface area contributed by atoms with Crippen LogP contribution in [-0.2, 0) is 20.7 Å². The third-order valence-electron chi connectivity index (χ3n) is 3.77. The number of carbonyl (C=O) groups is 3. The number of ether oxygens (including phenoxy) is 2. The molecule has 0 fully saturated rings. The lowest BCUT2D eigenvalue weighted by molar-refractivity contribution is -0.116. The van der Waals surface area contributed by atoms with Crippen molar-refractivity contribution in [2.24, 2.45) is 0 Å². The van der Waals surface area contributed by atoms with E-state index in [0.29, 0.717) is 18.5 Å². The van der Waals surface area contributed by atoms with Crippen LogP contribution in [0.1, 0.15) is 39.1 Å². The Morgan fingerprint density at radius 2 is 1.46 bits per heavy atom. The van der Waals surface area contributed by atoms with Gasteiger partial charge in [0, 0.05) is 12.1 Å². The molecule has 0 bridgehead atoms. The molecule has 0 saturated heterocycles. The minimum absolute atomic E-state index is 0.162. The van der Waals surface area contributed by atoms with Crippen LogP contribution in [0.15, 0.2) is 48.5 Å². The maximum Gasteiger partial charge on any atom is 0.337 e. The van der Waals surface area contributed by atoms with E-state index >= 15 is 0 Å². The predicted molar refractivity (Wildman–Crippen MR) is 97.1 cm³/mol. The Morgan fingerprint density at radius 3 is 2.00 bits per heavy atom. The van der Waals surface area contributed by atoms with Gasteiger partial charge in [0.15, 0.2) is 0 Å². The summed E-state index contributed by atoms with van der Waals surface area (Å²) in [5, 5.41) is 2.71. The Morgan fingerprint density at radius 1 is 0.885 bits per heavy atom. The molecule has 6 nitrogen and oxygen atoms in total. The first-order valence-electron chi connectivity index (χ1n) is 8.19. The number of amides is 1. The van der Waals surface area contributed by atoms with Crippen molar-refractivity contribution in [3.63, 3.8) is 0 Å². The highest BCUT2D eigenvalue weighted by molar-refractivity contribution is 5.99. The van der Waals surface area contributed by atoms with Crippen molar-refractivity contribution in [3.8, 4) is 0 Å². The highest BCUT2D eigenvalue weighted by atomic mass is 16.5. The summed E-state index contributed by atoms with van der Waals surface area (Å²) in [6.07, 6.45) is 1.81. The van der Waals surface area contributed by atoms with E-state index in [1.54, 1.807) is 0 Å². The molecule has 6 heteroatoms. The SMILES string of the molecule is COC(=O)c1cc(NC(=O)CCCc2ccccc2)cc(C(=O)OC)c1. The number of anilines is 1. The van der Waals surface area contributed by atoms with E-state index in [1.807, 2.05) is 30.3 Å². The molecule has 2 aromatic carbocycles. The maximum atomic E-state index is 12.2. The monoisotopic (exact) mass is 355 g/mol. The molecule has 136 valence electrons. The van der Waals surface area contributed by atoms with Crippen LogP contribution in [0.2, 0.25) is 0 Å². The zero-order valence-corrected chi connectivity index (χ0v) is 14.8. The van der Waals surface area contributed by atoms with E-state index in [-0.39, 0.29) is 17.0 Å². The standard InChI is InChI=1S/C20H21NO5/c1-25-19(23)15-11-16(20(24)26-2)13-17(12-15)21-18(22)10-6-9-14-7-4-3-5-8-14/h3-5,7-8,11-13H,6,9-10H2,1-2H3,(H,21,22). The van der Waals surface area contributed by atoms with Gasteiger partial charge in [-0.2, -0.15) is 0 Å². The van der Waals surface area contributed by atoms with E-state index in [4.69, 9.17) is 0 Å². The Labute approximate surface area is 152 Å². The van der Waals surface area contributed by atoms with Gasteiger partial charge in [-0.25, -0.2) is 9.59 Å². The van der Waals surface area contributed by atoms with Gasteiger partial charge in [0.2, 0.25) is 5.91 Å². The van der Waals surface area contributed by atoms with Crippen molar-refractivity contribution in [3.05, 3.63) is 65.2 Å². The maximum absolute atomic E-state index is 12.2. The number of esters is 2. The molecular formula is C20H21NO5. The zero-order valence-electron chi connectivity index (χ0n) is 14.8. The fourth-order valence-corrected chi connectivity index (χ4v) is 2.49. The minimum atomic E-state index is -0.602. The van der Waals surface area contributed by atoms with Crippen LogP contribution in [0.3, 0.4) is 0 Å². The molecule has 0 aliphatic carbocycles. The molecular weight excluding hydrogens is 334 g/mol. The number of hydrogen-bond donors (Lipinski definition) is 1. The second-order valence-corrected chi connectivity index (χ2v) is 5.67. The number of carbonyl (C=O) groups excluding carboxylic acids is 3. The highest BCUT2D eigenvalue weighted by Gasteiger charge is 2.15. The van der Waals surface area contributed by atoms with Gasteiger partial charge in [-0.15, -0.1) is 0 Å². The normalized spacial score (nSPS) is 10.1. The Hall–Kier alpha value is -3.15. The van der Waals surface area contributed by atoms with E-state index < -0.39 is 11.9 Å². The lowest BCUT2D eigenvalue weighted by Crippen LogP contribution is -2.14. The predicted octanol–water partition coefficient (Wildman–Crippen LogP) is 3.22. The molecule has 0 unspecified atom stereocenters. The summed E-state index contributed by atoms with van der Waals surface area (Å²) in [5.41, 5.74) is 1.84. The molecule has 1 amide bonds. The Bertz CT molecular complexity index is 752. The third-order valence-corrected chi connectivity index (χ3v) is 3.77. The molecule has 0 heterocycles. The topological polar surface area (TPSA) is 81.7 Å². The molecule has 0 aliphatic heterocycles. The molecule has 0 aliphatic rings.